The lowest BCUT2D eigenvalue weighted by Gasteiger charge is -2.18. The quantitative estimate of drug-likeness (QED) is 0.803. The predicted molar refractivity (Wildman–Crippen MR) is 77.9 cm³/mol. The first kappa shape index (κ1) is 16.8. The Morgan fingerprint density at radius 1 is 1.19 bits per heavy atom. The molecule has 0 saturated carbocycles. The Balaban J connectivity index is 3.04. The Hall–Kier alpha value is -2.24. The van der Waals surface area contributed by atoms with Crippen molar-refractivity contribution in [1.29, 1.82) is 0 Å². The van der Waals surface area contributed by atoms with Gasteiger partial charge in [0.15, 0.2) is 0 Å². The van der Waals surface area contributed by atoms with Crippen LogP contribution in [-0.4, -0.2) is 37.2 Å². The first-order chi connectivity index (χ1) is 9.90. The Kier molecular flexibility index (Phi) is 6.02. The zero-order valence-corrected chi connectivity index (χ0v) is 12.7. The van der Waals surface area contributed by atoms with E-state index in [1.54, 1.807) is 18.2 Å². The van der Waals surface area contributed by atoms with E-state index in [0.29, 0.717) is 17.9 Å². The van der Waals surface area contributed by atoms with Crippen LogP contribution >= 0.6 is 0 Å². The molecule has 0 bridgehead atoms. The number of ether oxygens (including phenoxy) is 2. The molecule has 0 spiro atoms. The molecule has 0 aliphatic carbocycles. The van der Waals surface area contributed by atoms with E-state index < -0.39 is 17.9 Å². The summed E-state index contributed by atoms with van der Waals surface area (Å²) in [5.41, 5.74) is 0.192. The molecule has 6 heteroatoms. The Morgan fingerprint density at radius 3 is 2.10 bits per heavy atom. The number of hydrogen-bond donors (Lipinski definition) is 2. The number of methoxy groups -OCH3 is 2. The average molecular weight is 295 g/mol. The van der Waals surface area contributed by atoms with Crippen LogP contribution < -0.4 is 14.8 Å². The molecule has 1 atom stereocenters. The molecule has 6 nitrogen and oxygen atoms in total. The van der Waals surface area contributed by atoms with Gasteiger partial charge in [0, 0.05) is 0 Å². The number of amides is 1. The van der Waals surface area contributed by atoms with E-state index in [1.165, 1.54) is 14.2 Å². The van der Waals surface area contributed by atoms with E-state index in [2.05, 4.69) is 5.32 Å². The summed E-state index contributed by atoms with van der Waals surface area (Å²) in [5.74, 6) is -0.782. The SMILES string of the molecule is COc1cccc(OC)c1C(=O)NC(CC(C)C)C(=O)O. The zero-order chi connectivity index (χ0) is 16.0. The van der Waals surface area contributed by atoms with Crippen LogP contribution in [0.3, 0.4) is 0 Å². The monoisotopic (exact) mass is 295 g/mol. The number of hydrogen-bond acceptors (Lipinski definition) is 4. The molecule has 1 unspecified atom stereocenters. The van der Waals surface area contributed by atoms with Gasteiger partial charge in [-0.25, -0.2) is 4.79 Å². The third kappa shape index (κ3) is 4.37. The fourth-order valence-electron chi connectivity index (χ4n) is 2.00. The van der Waals surface area contributed by atoms with E-state index in [4.69, 9.17) is 9.47 Å². The van der Waals surface area contributed by atoms with E-state index >= 15 is 0 Å². The van der Waals surface area contributed by atoms with Gasteiger partial charge in [-0.15, -0.1) is 0 Å². The van der Waals surface area contributed by atoms with Gasteiger partial charge in [0.1, 0.15) is 23.1 Å². The maximum absolute atomic E-state index is 12.4. The minimum Gasteiger partial charge on any atom is -0.496 e. The van der Waals surface area contributed by atoms with Crippen LogP contribution in [0.2, 0.25) is 0 Å². The number of carbonyl (C=O) groups excluding carboxylic acids is 1. The van der Waals surface area contributed by atoms with Crippen LogP contribution in [0.4, 0.5) is 0 Å². The van der Waals surface area contributed by atoms with E-state index in [0.717, 1.165) is 0 Å². The molecule has 0 aliphatic heterocycles. The highest BCUT2D eigenvalue weighted by Gasteiger charge is 2.25. The summed E-state index contributed by atoms with van der Waals surface area (Å²) in [7, 11) is 2.88. The Bertz CT molecular complexity index is 491. The third-order valence-electron chi connectivity index (χ3n) is 2.97. The molecule has 1 aromatic carbocycles. The minimum absolute atomic E-state index is 0.144. The number of benzene rings is 1. The number of carboxylic acids is 1. The van der Waals surface area contributed by atoms with Crippen LogP contribution in [0.1, 0.15) is 30.6 Å². The first-order valence-electron chi connectivity index (χ1n) is 6.65. The van der Waals surface area contributed by atoms with Gasteiger partial charge in [0.05, 0.1) is 14.2 Å². The number of rotatable bonds is 7. The van der Waals surface area contributed by atoms with Crippen molar-refractivity contribution in [3.05, 3.63) is 23.8 Å². The first-order valence-corrected chi connectivity index (χ1v) is 6.65. The van der Waals surface area contributed by atoms with Gasteiger partial charge in [0.2, 0.25) is 0 Å². The van der Waals surface area contributed by atoms with Crippen molar-refractivity contribution in [3.8, 4) is 11.5 Å². The molecule has 0 aliphatic rings. The van der Waals surface area contributed by atoms with Crippen LogP contribution in [0, 0.1) is 5.92 Å². The Morgan fingerprint density at radius 2 is 1.71 bits per heavy atom. The predicted octanol–water partition coefficient (Wildman–Crippen LogP) is 1.93. The molecule has 0 aromatic heterocycles. The van der Waals surface area contributed by atoms with Crippen molar-refractivity contribution in [3.63, 3.8) is 0 Å². The van der Waals surface area contributed by atoms with Gasteiger partial charge in [-0.2, -0.15) is 0 Å². The van der Waals surface area contributed by atoms with Crippen molar-refractivity contribution in [2.75, 3.05) is 14.2 Å². The highest BCUT2D eigenvalue weighted by molar-refractivity contribution is 6.01. The molecule has 1 aromatic rings. The molecule has 21 heavy (non-hydrogen) atoms. The lowest BCUT2D eigenvalue weighted by molar-refractivity contribution is -0.139. The molecule has 1 rings (SSSR count). The minimum atomic E-state index is -1.06. The van der Waals surface area contributed by atoms with Crippen LogP contribution in [0.5, 0.6) is 11.5 Å². The standard InChI is InChI=1S/C15H21NO5/c1-9(2)8-10(15(18)19)16-14(17)13-11(20-3)6-5-7-12(13)21-4/h5-7,9-10H,8H2,1-4H3,(H,16,17)(H,18,19). The summed E-state index contributed by atoms with van der Waals surface area (Å²) in [4.78, 5) is 23.6. The number of aliphatic carboxylic acids is 1. The summed E-state index contributed by atoms with van der Waals surface area (Å²) < 4.78 is 10.3. The highest BCUT2D eigenvalue weighted by atomic mass is 16.5. The second kappa shape index (κ2) is 7.52. The van der Waals surface area contributed by atoms with Crippen LogP contribution in [-0.2, 0) is 4.79 Å². The summed E-state index contributed by atoms with van der Waals surface area (Å²) >= 11 is 0. The molecule has 2 N–H and O–H groups in total. The van der Waals surface area contributed by atoms with Gasteiger partial charge in [-0.05, 0) is 24.5 Å². The second-order valence-electron chi connectivity index (χ2n) is 5.03. The smallest absolute Gasteiger partial charge is 0.326 e. The van der Waals surface area contributed by atoms with Gasteiger partial charge >= 0.3 is 5.97 Å². The number of carboxylic acid groups (broad SMARTS) is 1. The number of nitrogens with one attached hydrogen (secondary N) is 1. The zero-order valence-electron chi connectivity index (χ0n) is 12.7. The fraction of sp³-hybridized carbons (Fsp3) is 0.467. The van der Waals surface area contributed by atoms with E-state index in [9.17, 15) is 14.7 Å². The molecule has 1 amide bonds. The highest BCUT2D eigenvalue weighted by Crippen LogP contribution is 2.28. The molecule has 0 saturated heterocycles. The average Bonchev–Trinajstić information content (AvgIpc) is 2.44. The van der Waals surface area contributed by atoms with Gasteiger partial charge in [-0.3, -0.25) is 4.79 Å². The molecular weight excluding hydrogens is 274 g/mol. The van der Waals surface area contributed by atoms with Crippen LogP contribution in [0.25, 0.3) is 0 Å². The topological polar surface area (TPSA) is 84.9 Å². The van der Waals surface area contributed by atoms with Gasteiger partial charge in [-0.1, -0.05) is 19.9 Å². The maximum atomic E-state index is 12.4. The molecule has 0 heterocycles. The molecular formula is C15H21NO5. The fourth-order valence-corrected chi connectivity index (χ4v) is 2.00. The van der Waals surface area contributed by atoms with Crippen molar-refractivity contribution in [2.24, 2.45) is 5.92 Å². The lowest BCUT2D eigenvalue weighted by Crippen LogP contribution is -2.41. The van der Waals surface area contributed by atoms with Crippen molar-refractivity contribution in [1.82, 2.24) is 5.32 Å². The lowest BCUT2D eigenvalue weighted by atomic mass is 10.0. The summed E-state index contributed by atoms with van der Waals surface area (Å²) in [6, 6.07) is 3.98. The normalized spacial score (nSPS) is 11.9. The van der Waals surface area contributed by atoms with Crippen molar-refractivity contribution < 1.29 is 24.2 Å². The van der Waals surface area contributed by atoms with Crippen molar-refractivity contribution >= 4 is 11.9 Å². The van der Waals surface area contributed by atoms with E-state index in [-0.39, 0.29) is 11.5 Å². The van der Waals surface area contributed by atoms with Gasteiger partial charge < -0.3 is 19.9 Å². The summed E-state index contributed by atoms with van der Waals surface area (Å²) in [5, 5.41) is 11.7. The van der Waals surface area contributed by atoms with Crippen molar-refractivity contribution in [2.45, 2.75) is 26.3 Å². The molecule has 0 fully saturated rings. The number of carbonyl (C=O) groups is 2. The van der Waals surface area contributed by atoms with Crippen LogP contribution in [0.15, 0.2) is 18.2 Å². The second-order valence-corrected chi connectivity index (χ2v) is 5.03. The Labute approximate surface area is 124 Å². The van der Waals surface area contributed by atoms with E-state index in [1.807, 2.05) is 13.8 Å². The molecule has 116 valence electrons. The maximum Gasteiger partial charge on any atom is 0.326 e. The largest absolute Gasteiger partial charge is 0.496 e. The van der Waals surface area contributed by atoms with Gasteiger partial charge in [0.25, 0.3) is 5.91 Å². The molecule has 0 radical (unpaired) electrons. The third-order valence-corrected chi connectivity index (χ3v) is 2.97. The summed E-state index contributed by atoms with van der Waals surface area (Å²) in [6.45, 7) is 3.79. The summed E-state index contributed by atoms with van der Waals surface area (Å²) in [6.07, 6.45) is 0.346.